The predicted octanol–water partition coefficient (Wildman–Crippen LogP) is 3.05. The maximum absolute atomic E-state index is 5.72. The van der Waals surface area contributed by atoms with Crippen LogP contribution in [0.1, 0.15) is 20.8 Å². The van der Waals surface area contributed by atoms with Gasteiger partial charge in [0.1, 0.15) is 5.60 Å². The second-order valence-electron chi connectivity index (χ2n) is 4.67. The first-order valence-electron chi connectivity index (χ1n) is 5.34. The van der Waals surface area contributed by atoms with E-state index in [9.17, 15) is 0 Å². The Labute approximate surface area is 95.7 Å². The standard InChI is InChI=1S/C13H16N2O/c1-13(2,3)16-12-9-14-15(10-12)11-7-5-4-6-8-11/h4-10H,1-3H3. The Morgan fingerprint density at radius 1 is 1.12 bits per heavy atom. The molecule has 2 rings (SSSR count). The molecule has 0 atom stereocenters. The molecular formula is C13H16N2O. The zero-order valence-electron chi connectivity index (χ0n) is 9.84. The molecule has 0 unspecified atom stereocenters. The summed E-state index contributed by atoms with van der Waals surface area (Å²) in [6.07, 6.45) is 3.62. The molecule has 0 spiro atoms. The molecule has 84 valence electrons. The first-order valence-corrected chi connectivity index (χ1v) is 5.34. The lowest BCUT2D eigenvalue weighted by Gasteiger charge is -2.19. The van der Waals surface area contributed by atoms with E-state index in [2.05, 4.69) is 5.10 Å². The first-order chi connectivity index (χ1) is 7.54. The van der Waals surface area contributed by atoms with E-state index in [1.807, 2.05) is 57.3 Å². The highest BCUT2D eigenvalue weighted by Gasteiger charge is 2.13. The van der Waals surface area contributed by atoms with Gasteiger partial charge < -0.3 is 4.74 Å². The smallest absolute Gasteiger partial charge is 0.158 e. The Morgan fingerprint density at radius 3 is 2.44 bits per heavy atom. The van der Waals surface area contributed by atoms with Crippen molar-refractivity contribution in [2.24, 2.45) is 0 Å². The molecule has 0 aliphatic heterocycles. The van der Waals surface area contributed by atoms with Crippen LogP contribution in [0.4, 0.5) is 0 Å². The Hall–Kier alpha value is -1.77. The van der Waals surface area contributed by atoms with Crippen LogP contribution in [0.3, 0.4) is 0 Å². The van der Waals surface area contributed by atoms with Gasteiger partial charge in [0.2, 0.25) is 0 Å². The second-order valence-corrected chi connectivity index (χ2v) is 4.67. The van der Waals surface area contributed by atoms with Gasteiger partial charge in [-0.2, -0.15) is 5.10 Å². The normalized spacial score (nSPS) is 11.4. The topological polar surface area (TPSA) is 27.1 Å². The third-order valence-corrected chi connectivity index (χ3v) is 2.00. The number of rotatable bonds is 2. The van der Waals surface area contributed by atoms with Gasteiger partial charge in [-0.3, -0.25) is 0 Å². The Kier molecular flexibility index (Phi) is 2.69. The molecule has 2 aromatic rings. The van der Waals surface area contributed by atoms with Gasteiger partial charge in [-0.05, 0) is 32.9 Å². The molecule has 0 bridgehead atoms. The second kappa shape index (κ2) is 4.00. The molecule has 0 aliphatic carbocycles. The number of aromatic nitrogens is 2. The van der Waals surface area contributed by atoms with E-state index < -0.39 is 0 Å². The van der Waals surface area contributed by atoms with E-state index in [0.29, 0.717) is 0 Å². The fourth-order valence-electron chi connectivity index (χ4n) is 1.43. The first kappa shape index (κ1) is 10.7. The molecule has 0 aliphatic rings. The molecule has 0 saturated carbocycles. The van der Waals surface area contributed by atoms with Crippen LogP contribution in [-0.4, -0.2) is 15.4 Å². The quantitative estimate of drug-likeness (QED) is 0.771. The molecule has 1 aromatic carbocycles. The van der Waals surface area contributed by atoms with Gasteiger partial charge in [0.05, 0.1) is 18.1 Å². The van der Waals surface area contributed by atoms with Crippen LogP contribution in [0.5, 0.6) is 5.75 Å². The molecule has 1 heterocycles. The van der Waals surface area contributed by atoms with Crippen molar-refractivity contribution in [2.45, 2.75) is 26.4 Å². The summed E-state index contributed by atoms with van der Waals surface area (Å²) in [4.78, 5) is 0. The summed E-state index contributed by atoms with van der Waals surface area (Å²) in [5.74, 6) is 0.788. The van der Waals surface area contributed by atoms with Gasteiger partial charge in [0.25, 0.3) is 0 Å². The van der Waals surface area contributed by atoms with Crippen molar-refractivity contribution >= 4 is 0 Å². The Morgan fingerprint density at radius 2 is 1.81 bits per heavy atom. The third kappa shape index (κ3) is 2.63. The van der Waals surface area contributed by atoms with Crippen LogP contribution in [0, 0.1) is 0 Å². The Balaban J connectivity index is 2.21. The zero-order chi connectivity index (χ0) is 11.6. The number of ether oxygens (including phenoxy) is 1. The summed E-state index contributed by atoms with van der Waals surface area (Å²) < 4.78 is 7.53. The number of nitrogens with zero attached hydrogens (tertiary/aromatic N) is 2. The highest BCUT2D eigenvalue weighted by atomic mass is 16.5. The van der Waals surface area contributed by atoms with Crippen LogP contribution in [0.2, 0.25) is 0 Å². The lowest BCUT2D eigenvalue weighted by molar-refractivity contribution is 0.131. The molecule has 0 saturated heterocycles. The van der Waals surface area contributed by atoms with Gasteiger partial charge in [0, 0.05) is 0 Å². The van der Waals surface area contributed by atoms with Gasteiger partial charge in [-0.15, -0.1) is 0 Å². The number of hydrogen-bond acceptors (Lipinski definition) is 2. The minimum Gasteiger partial charge on any atom is -0.485 e. The summed E-state index contributed by atoms with van der Waals surface area (Å²) in [5, 5.41) is 4.26. The number of hydrogen-bond donors (Lipinski definition) is 0. The SMILES string of the molecule is CC(C)(C)Oc1cnn(-c2ccccc2)c1. The molecule has 3 nitrogen and oxygen atoms in total. The van der Waals surface area contributed by atoms with Gasteiger partial charge in [-0.25, -0.2) is 4.68 Å². The van der Waals surface area contributed by atoms with E-state index in [-0.39, 0.29) is 5.60 Å². The van der Waals surface area contributed by atoms with E-state index in [1.54, 1.807) is 10.9 Å². The highest BCUT2D eigenvalue weighted by molar-refractivity contribution is 5.32. The summed E-state index contributed by atoms with van der Waals surface area (Å²) in [5.41, 5.74) is 0.844. The molecular weight excluding hydrogens is 200 g/mol. The molecule has 1 aromatic heterocycles. The molecule has 0 radical (unpaired) electrons. The molecule has 3 heteroatoms. The van der Waals surface area contributed by atoms with E-state index in [0.717, 1.165) is 11.4 Å². The minimum atomic E-state index is -0.190. The van der Waals surface area contributed by atoms with Gasteiger partial charge in [0.15, 0.2) is 5.75 Å². The van der Waals surface area contributed by atoms with Crippen molar-refractivity contribution in [3.63, 3.8) is 0 Å². The maximum atomic E-state index is 5.72. The van der Waals surface area contributed by atoms with E-state index in [1.165, 1.54) is 0 Å². The summed E-state index contributed by atoms with van der Waals surface area (Å²) >= 11 is 0. The van der Waals surface area contributed by atoms with Gasteiger partial charge >= 0.3 is 0 Å². The monoisotopic (exact) mass is 216 g/mol. The van der Waals surface area contributed by atoms with E-state index >= 15 is 0 Å². The van der Waals surface area contributed by atoms with Crippen LogP contribution in [0.25, 0.3) is 5.69 Å². The van der Waals surface area contributed by atoms with Crippen molar-refractivity contribution in [1.29, 1.82) is 0 Å². The average Bonchev–Trinajstić information content (AvgIpc) is 2.65. The fourth-order valence-corrected chi connectivity index (χ4v) is 1.43. The molecule has 0 fully saturated rings. The Bertz CT molecular complexity index is 454. The van der Waals surface area contributed by atoms with Crippen LogP contribution < -0.4 is 4.74 Å². The molecule has 0 N–H and O–H groups in total. The van der Waals surface area contributed by atoms with Crippen LogP contribution in [-0.2, 0) is 0 Å². The van der Waals surface area contributed by atoms with E-state index in [4.69, 9.17) is 4.74 Å². The van der Waals surface area contributed by atoms with Crippen molar-refractivity contribution in [3.8, 4) is 11.4 Å². The van der Waals surface area contributed by atoms with Gasteiger partial charge in [-0.1, -0.05) is 18.2 Å². The predicted molar refractivity (Wildman–Crippen MR) is 63.9 cm³/mol. The number of benzene rings is 1. The van der Waals surface area contributed by atoms with Crippen molar-refractivity contribution < 1.29 is 4.74 Å². The van der Waals surface area contributed by atoms with Crippen LogP contribution >= 0.6 is 0 Å². The molecule has 16 heavy (non-hydrogen) atoms. The maximum Gasteiger partial charge on any atom is 0.158 e. The lowest BCUT2D eigenvalue weighted by Crippen LogP contribution is -2.22. The highest BCUT2D eigenvalue weighted by Crippen LogP contribution is 2.18. The fraction of sp³-hybridized carbons (Fsp3) is 0.308. The lowest BCUT2D eigenvalue weighted by atomic mass is 10.2. The average molecular weight is 216 g/mol. The van der Waals surface area contributed by atoms with Crippen LogP contribution in [0.15, 0.2) is 42.7 Å². The summed E-state index contributed by atoms with van der Waals surface area (Å²) in [6.45, 7) is 6.06. The number of para-hydroxylation sites is 1. The summed E-state index contributed by atoms with van der Waals surface area (Å²) in [7, 11) is 0. The molecule has 0 amide bonds. The van der Waals surface area contributed by atoms with Crippen molar-refractivity contribution in [3.05, 3.63) is 42.7 Å². The minimum absolute atomic E-state index is 0.190. The third-order valence-electron chi connectivity index (χ3n) is 2.00. The summed E-state index contributed by atoms with van der Waals surface area (Å²) in [6, 6.07) is 9.98. The van der Waals surface area contributed by atoms with Crippen molar-refractivity contribution in [2.75, 3.05) is 0 Å². The zero-order valence-corrected chi connectivity index (χ0v) is 9.84. The van der Waals surface area contributed by atoms with Crippen molar-refractivity contribution in [1.82, 2.24) is 9.78 Å². The largest absolute Gasteiger partial charge is 0.485 e.